The molecule has 2 rings (SSSR count). The van der Waals surface area contributed by atoms with E-state index in [0.717, 1.165) is 10.8 Å². The molecule has 6 heteroatoms. The summed E-state index contributed by atoms with van der Waals surface area (Å²) in [4.78, 5) is 21.1. The predicted octanol–water partition coefficient (Wildman–Crippen LogP) is 0.204. The van der Waals surface area contributed by atoms with Gasteiger partial charge in [-0.25, -0.2) is 4.98 Å². The summed E-state index contributed by atoms with van der Waals surface area (Å²) < 4.78 is 0. The fourth-order valence-electron chi connectivity index (χ4n) is 1.30. The van der Waals surface area contributed by atoms with E-state index >= 15 is 0 Å². The van der Waals surface area contributed by atoms with Crippen LogP contribution in [0.5, 0.6) is 0 Å². The van der Waals surface area contributed by atoms with Crippen LogP contribution in [0, 0.1) is 0 Å². The lowest BCUT2D eigenvalue weighted by Crippen LogP contribution is -2.30. The van der Waals surface area contributed by atoms with Crippen molar-refractivity contribution in [3.63, 3.8) is 0 Å². The van der Waals surface area contributed by atoms with Gasteiger partial charge in [0.05, 0.1) is 12.1 Å². The zero-order chi connectivity index (χ0) is 10.8. The first kappa shape index (κ1) is 9.85. The standard InChI is InChI=1S/C9H10N4OS/c1-13-5-6(7(10)14)4-12-8(13)9-11-2-3-15-9/h2-3,5H,4H2,1H3,(H2,10,14). The number of amidine groups is 1. The van der Waals surface area contributed by atoms with E-state index in [-0.39, 0.29) is 0 Å². The monoisotopic (exact) mass is 222 g/mol. The lowest BCUT2D eigenvalue weighted by atomic mass is 10.2. The first-order valence-corrected chi connectivity index (χ1v) is 5.24. The van der Waals surface area contributed by atoms with Crippen molar-refractivity contribution in [2.24, 2.45) is 10.7 Å². The highest BCUT2D eigenvalue weighted by Crippen LogP contribution is 2.14. The smallest absolute Gasteiger partial charge is 0.247 e. The SMILES string of the molecule is CN1C=C(C(N)=O)CN=C1c1nccs1. The minimum atomic E-state index is -0.427. The van der Waals surface area contributed by atoms with Crippen molar-refractivity contribution in [1.29, 1.82) is 0 Å². The molecule has 5 nitrogen and oxygen atoms in total. The lowest BCUT2D eigenvalue weighted by molar-refractivity contribution is -0.114. The molecule has 15 heavy (non-hydrogen) atoms. The molecule has 2 heterocycles. The minimum Gasteiger partial charge on any atom is -0.366 e. The Labute approximate surface area is 90.9 Å². The van der Waals surface area contributed by atoms with Gasteiger partial charge in [0, 0.05) is 24.8 Å². The Hall–Kier alpha value is -1.69. The molecule has 1 aliphatic heterocycles. The second kappa shape index (κ2) is 3.82. The van der Waals surface area contributed by atoms with Crippen molar-refractivity contribution in [2.75, 3.05) is 13.6 Å². The molecule has 0 aromatic carbocycles. The zero-order valence-corrected chi connectivity index (χ0v) is 8.99. The molecule has 0 unspecified atom stereocenters. The van der Waals surface area contributed by atoms with Crippen molar-refractivity contribution in [2.45, 2.75) is 0 Å². The van der Waals surface area contributed by atoms with Crippen molar-refractivity contribution in [1.82, 2.24) is 9.88 Å². The molecule has 1 aromatic rings. The third-order valence-corrected chi connectivity index (χ3v) is 2.79. The van der Waals surface area contributed by atoms with Crippen LogP contribution in [0.25, 0.3) is 0 Å². The molecule has 0 saturated carbocycles. The summed E-state index contributed by atoms with van der Waals surface area (Å²) in [6, 6.07) is 0. The fourth-order valence-corrected chi connectivity index (χ4v) is 1.99. The fraction of sp³-hybridized carbons (Fsp3) is 0.222. The highest BCUT2D eigenvalue weighted by atomic mass is 32.1. The number of carbonyl (C=O) groups is 1. The molecule has 0 spiro atoms. The molecule has 0 atom stereocenters. The average Bonchev–Trinajstić information content (AvgIpc) is 2.70. The Morgan fingerprint density at radius 3 is 3.00 bits per heavy atom. The molecule has 0 radical (unpaired) electrons. The Balaban J connectivity index is 2.24. The lowest BCUT2D eigenvalue weighted by Gasteiger charge is -2.20. The normalized spacial score (nSPS) is 15.9. The van der Waals surface area contributed by atoms with Crippen LogP contribution in [0.3, 0.4) is 0 Å². The Bertz CT molecular complexity index is 435. The van der Waals surface area contributed by atoms with E-state index in [2.05, 4.69) is 9.98 Å². The number of amides is 1. The van der Waals surface area contributed by atoms with E-state index in [0.29, 0.717) is 12.1 Å². The van der Waals surface area contributed by atoms with Gasteiger partial charge in [0.2, 0.25) is 5.91 Å². The molecular formula is C9H10N4OS. The number of aromatic nitrogens is 1. The topological polar surface area (TPSA) is 71.6 Å². The van der Waals surface area contributed by atoms with Gasteiger partial charge in [0.25, 0.3) is 0 Å². The Morgan fingerprint density at radius 1 is 1.67 bits per heavy atom. The third kappa shape index (κ3) is 1.89. The van der Waals surface area contributed by atoms with E-state index in [1.807, 2.05) is 12.4 Å². The van der Waals surface area contributed by atoms with Gasteiger partial charge in [0.15, 0.2) is 10.8 Å². The molecule has 0 fully saturated rings. The van der Waals surface area contributed by atoms with E-state index in [1.165, 1.54) is 11.3 Å². The second-order valence-corrected chi connectivity index (χ2v) is 4.00. The first-order valence-electron chi connectivity index (χ1n) is 4.36. The Kier molecular flexibility index (Phi) is 2.51. The summed E-state index contributed by atoms with van der Waals surface area (Å²) in [7, 11) is 1.82. The number of hydrogen-bond acceptors (Lipinski definition) is 5. The Morgan fingerprint density at radius 2 is 2.47 bits per heavy atom. The van der Waals surface area contributed by atoms with E-state index < -0.39 is 5.91 Å². The molecule has 0 saturated heterocycles. The summed E-state index contributed by atoms with van der Waals surface area (Å²) in [5.41, 5.74) is 5.69. The van der Waals surface area contributed by atoms with Crippen LogP contribution < -0.4 is 5.73 Å². The summed E-state index contributed by atoms with van der Waals surface area (Å²) in [6.07, 6.45) is 3.43. The number of carbonyl (C=O) groups excluding carboxylic acids is 1. The van der Waals surface area contributed by atoms with Gasteiger partial charge >= 0.3 is 0 Å². The molecule has 2 N–H and O–H groups in total. The van der Waals surface area contributed by atoms with Gasteiger partial charge in [-0.3, -0.25) is 9.79 Å². The van der Waals surface area contributed by atoms with Crippen LogP contribution >= 0.6 is 11.3 Å². The molecule has 1 aromatic heterocycles. The second-order valence-electron chi connectivity index (χ2n) is 3.11. The number of aliphatic imine (C=N–C) groups is 1. The minimum absolute atomic E-state index is 0.328. The van der Waals surface area contributed by atoms with Crippen molar-refractivity contribution >= 4 is 23.1 Å². The number of hydrogen-bond donors (Lipinski definition) is 1. The van der Waals surface area contributed by atoms with Gasteiger partial charge in [-0.15, -0.1) is 11.3 Å². The molecule has 1 aliphatic rings. The van der Waals surface area contributed by atoms with Gasteiger partial charge in [-0.2, -0.15) is 0 Å². The number of rotatable bonds is 2. The highest BCUT2D eigenvalue weighted by Gasteiger charge is 2.17. The van der Waals surface area contributed by atoms with Crippen LogP contribution in [0.15, 0.2) is 28.3 Å². The van der Waals surface area contributed by atoms with Crippen LogP contribution in [0.2, 0.25) is 0 Å². The van der Waals surface area contributed by atoms with Crippen molar-refractivity contribution in [3.8, 4) is 0 Å². The van der Waals surface area contributed by atoms with Crippen LogP contribution in [-0.4, -0.2) is 35.2 Å². The van der Waals surface area contributed by atoms with E-state index in [1.54, 1.807) is 17.3 Å². The van der Waals surface area contributed by atoms with Crippen molar-refractivity contribution < 1.29 is 4.79 Å². The van der Waals surface area contributed by atoms with Gasteiger partial charge < -0.3 is 10.6 Å². The molecule has 0 bridgehead atoms. The third-order valence-electron chi connectivity index (χ3n) is 2.02. The molecule has 0 aliphatic carbocycles. The number of nitrogens with zero attached hydrogens (tertiary/aromatic N) is 3. The summed E-state index contributed by atoms with van der Waals surface area (Å²) in [5.74, 6) is 0.346. The van der Waals surface area contributed by atoms with E-state index in [4.69, 9.17) is 5.73 Å². The maximum absolute atomic E-state index is 10.9. The highest BCUT2D eigenvalue weighted by molar-refractivity contribution is 7.11. The summed E-state index contributed by atoms with van der Waals surface area (Å²) in [5, 5.41) is 2.73. The summed E-state index contributed by atoms with van der Waals surface area (Å²) >= 11 is 1.51. The molecule has 78 valence electrons. The van der Waals surface area contributed by atoms with Crippen molar-refractivity contribution in [3.05, 3.63) is 28.4 Å². The van der Waals surface area contributed by atoms with Crippen LogP contribution in [0.1, 0.15) is 5.01 Å². The number of thiazole rings is 1. The number of nitrogens with two attached hydrogens (primary N) is 1. The molecular weight excluding hydrogens is 212 g/mol. The summed E-state index contributed by atoms with van der Waals surface area (Å²) in [6.45, 7) is 0.328. The maximum atomic E-state index is 10.9. The first-order chi connectivity index (χ1) is 7.18. The van der Waals surface area contributed by atoms with E-state index in [9.17, 15) is 4.79 Å². The predicted molar refractivity (Wildman–Crippen MR) is 58.6 cm³/mol. The average molecular weight is 222 g/mol. The number of primary amides is 1. The van der Waals surface area contributed by atoms with Gasteiger partial charge in [0.1, 0.15) is 0 Å². The largest absolute Gasteiger partial charge is 0.366 e. The molecule has 1 amide bonds. The maximum Gasteiger partial charge on any atom is 0.247 e. The van der Waals surface area contributed by atoms with Gasteiger partial charge in [-0.05, 0) is 0 Å². The quantitative estimate of drug-likeness (QED) is 0.777. The van der Waals surface area contributed by atoms with Gasteiger partial charge in [-0.1, -0.05) is 0 Å². The van der Waals surface area contributed by atoms with Crippen LogP contribution in [0.4, 0.5) is 0 Å². The zero-order valence-electron chi connectivity index (χ0n) is 8.17. The van der Waals surface area contributed by atoms with Crippen LogP contribution in [-0.2, 0) is 4.79 Å².